The third-order valence-electron chi connectivity index (χ3n) is 3.67. The zero-order chi connectivity index (χ0) is 15.3. The molecule has 2 amide bonds. The molecule has 0 radical (unpaired) electrons. The highest BCUT2D eigenvalue weighted by Gasteiger charge is 2.26. The molecule has 2 N–H and O–H groups in total. The highest BCUT2D eigenvalue weighted by Crippen LogP contribution is 2.25. The minimum absolute atomic E-state index is 0.212. The van der Waals surface area contributed by atoms with Crippen molar-refractivity contribution in [1.29, 1.82) is 0 Å². The lowest BCUT2D eigenvalue weighted by Gasteiger charge is -2.22. The second-order valence-electron chi connectivity index (χ2n) is 5.60. The van der Waals surface area contributed by atoms with E-state index in [-0.39, 0.29) is 24.3 Å². The van der Waals surface area contributed by atoms with Crippen molar-refractivity contribution in [2.45, 2.75) is 57.5 Å². The average molecular weight is 297 g/mol. The normalized spacial score (nSPS) is 16.5. The van der Waals surface area contributed by atoms with Crippen LogP contribution in [-0.2, 0) is 12.5 Å². The van der Waals surface area contributed by atoms with Crippen LogP contribution in [0.2, 0.25) is 0 Å². The van der Waals surface area contributed by atoms with Crippen LogP contribution in [-0.4, -0.2) is 17.1 Å². The van der Waals surface area contributed by atoms with Crippen LogP contribution in [0, 0.1) is 0 Å². The van der Waals surface area contributed by atoms with Gasteiger partial charge >= 0.3 is 6.03 Å². The number of halogens is 2. The molecule has 6 heteroatoms. The maximum atomic E-state index is 13.2. The largest absolute Gasteiger partial charge is 0.335 e. The minimum Gasteiger partial charge on any atom is -0.335 e. The van der Waals surface area contributed by atoms with Gasteiger partial charge in [0.2, 0.25) is 0 Å². The highest BCUT2D eigenvalue weighted by molar-refractivity contribution is 5.74. The molecule has 1 aliphatic rings. The van der Waals surface area contributed by atoms with Gasteiger partial charge in [-0.2, -0.15) is 8.78 Å². The molecule has 116 valence electrons. The number of carbonyl (C=O) groups is 1. The van der Waals surface area contributed by atoms with Crippen molar-refractivity contribution in [3.8, 4) is 0 Å². The fourth-order valence-corrected chi connectivity index (χ4v) is 2.49. The second kappa shape index (κ2) is 6.83. The van der Waals surface area contributed by atoms with Gasteiger partial charge in [-0.05, 0) is 30.5 Å². The van der Waals surface area contributed by atoms with Crippen LogP contribution in [0.3, 0.4) is 0 Å². The number of pyridine rings is 1. The standard InChI is InChI=1S/C15H21F2N3O/c1-15(16,17)13-9-11(7-8-18-13)10-19-14(21)20-12-5-3-2-4-6-12/h7-9,12H,2-6,10H2,1H3,(H2,19,20,21). The molecule has 4 nitrogen and oxygen atoms in total. The zero-order valence-electron chi connectivity index (χ0n) is 12.2. The quantitative estimate of drug-likeness (QED) is 0.895. The SMILES string of the molecule is CC(F)(F)c1cc(CNC(=O)NC2CCCCC2)ccn1. The van der Waals surface area contributed by atoms with Crippen LogP contribution in [0.1, 0.15) is 50.3 Å². The van der Waals surface area contributed by atoms with E-state index in [1.54, 1.807) is 6.07 Å². The number of carbonyl (C=O) groups excluding carboxylic acids is 1. The lowest BCUT2D eigenvalue weighted by atomic mass is 9.96. The lowest BCUT2D eigenvalue weighted by Crippen LogP contribution is -2.42. The summed E-state index contributed by atoms with van der Waals surface area (Å²) in [6, 6.07) is 2.92. The van der Waals surface area contributed by atoms with Crippen LogP contribution < -0.4 is 10.6 Å². The molecule has 2 rings (SSSR count). The summed E-state index contributed by atoms with van der Waals surface area (Å²) >= 11 is 0. The van der Waals surface area contributed by atoms with Gasteiger partial charge in [-0.15, -0.1) is 0 Å². The number of amides is 2. The number of aromatic nitrogens is 1. The van der Waals surface area contributed by atoms with Crippen molar-refractivity contribution in [2.75, 3.05) is 0 Å². The summed E-state index contributed by atoms with van der Waals surface area (Å²) in [5, 5.41) is 5.62. The van der Waals surface area contributed by atoms with Gasteiger partial charge in [0.15, 0.2) is 0 Å². The Labute approximate surface area is 123 Å². The third kappa shape index (κ3) is 4.95. The minimum atomic E-state index is -2.97. The summed E-state index contributed by atoms with van der Waals surface area (Å²) in [6.07, 6.45) is 6.87. The first kappa shape index (κ1) is 15.7. The Bertz CT molecular complexity index is 482. The number of urea groups is 1. The van der Waals surface area contributed by atoms with Gasteiger partial charge in [0.1, 0.15) is 5.69 Å². The van der Waals surface area contributed by atoms with Crippen LogP contribution in [0.4, 0.5) is 13.6 Å². The molecular formula is C15H21F2N3O. The number of alkyl halides is 2. The molecule has 21 heavy (non-hydrogen) atoms. The maximum Gasteiger partial charge on any atom is 0.315 e. The summed E-state index contributed by atoms with van der Waals surface area (Å²) < 4.78 is 26.4. The fraction of sp³-hybridized carbons (Fsp3) is 0.600. The number of nitrogens with zero attached hydrogens (tertiary/aromatic N) is 1. The van der Waals surface area contributed by atoms with Gasteiger partial charge in [-0.3, -0.25) is 4.98 Å². The fourth-order valence-electron chi connectivity index (χ4n) is 2.49. The molecule has 1 aliphatic carbocycles. The third-order valence-corrected chi connectivity index (χ3v) is 3.67. The maximum absolute atomic E-state index is 13.2. The lowest BCUT2D eigenvalue weighted by molar-refractivity contribution is 0.0127. The Kier molecular flexibility index (Phi) is 5.09. The average Bonchev–Trinajstić information content (AvgIpc) is 2.46. The predicted molar refractivity (Wildman–Crippen MR) is 76.0 cm³/mol. The molecule has 1 aromatic rings. The zero-order valence-corrected chi connectivity index (χ0v) is 12.2. The van der Waals surface area contributed by atoms with Crippen molar-refractivity contribution in [3.05, 3.63) is 29.6 Å². The number of hydrogen-bond acceptors (Lipinski definition) is 2. The van der Waals surface area contributed by atoms with Crippen LogP contribution in [0.25, 0.3) is 0 Å². The van der Waals surface area contributed by atoms with E-state index in [1.807, 2.05) is 0 Å². The Morgan fingerprint density at radius 1 is 1.38 bits per heavy atom. The Balaban J connectivity index is 1.83. The summed E-state index contributed by atoms with van der Waals surface area (Å²) in [5.41, 5.74) is 0.329. The van der Waals surface area contributed by atoms with E-state index in [1.165, 1.54) is 18.7 Å². The van der Waals surface area contributed by atoms with Crippen molar-refractivity contribution in [2.24, 2.45) is 0 Å². The molecule has 0 bridgehead atoms. The van der Waals surface area contributed by atoms with Crippen molar-refractivity contribution in [1.82, 2.24) is 15.6 Å². The van der Waals surface area contributed by atoms with E-state index >= 15 is 0 Å². The molecule has 1 saturated carbocycles. The van der Waals surface area contributed by atoms with Crippen molar-refractivity contribution < 1.29 is 13.6 Å². The predicted octanol–water partition coefficient (Wildman–Crippen LogP) is 3.33. The molecule has 0 spiro atoms. The van der Waals surface area contributed by atoms with Gasteiger partial charge in [0.05, 0.1) is 0 Å². The van der Waals surface area contributed by atoms with Crippen LogP contribution in [0.5, 0.6) is 0 Å². The molecule has 0 aromatic carbocycles. The van der Waals surface area contributed by atoms with Crippen LogP contribution >= 0.6 is 0 Å². The molecule has 0 aliphatic heterocycles. The Morgan fingerprint density at radius 2 is 2.10 bits per heavy atom. The monoisotopic (exact) mass is 297 g/mol. The molecular weight excluding hydrogens is 276 g/mol. The highest BCUT2D eigenvalue weighted by atomic mass is 19.3. The molecule has 0 saturated heterocycles. The smallest absolute Gasteiger partial charge is 0.315 e. The topological polar surface area (TPSA) is 54.0 Å². The van der Waals surface area contributed by atoms with Crippen LogP contribution in [0.15, 0.2) is 18.3 Å². The van der Waals surface area contributed by atoms with Gasteiger partial charge in [0, 0.05) is 25.7 Å². The first-order valence-electron chi connectivity index (χ1n) is 7.33. The van der Waals surface area contributed by atoms with Gasteiger partial charge in [-0.25, -0.2) is 4.79 Å². The summed E-state index contributed by atoms with van der Waals surface area (Å²) in [6.45, 7) is 1.02. The summed E-state index contributed by atoms with van der Waals surface area (Å²) in [7, 11) is 0. The number of hydrogen-bond donors (Lipinski definition) is 2. The van der Waals surface area contributed by atoms with Crippen molar-refractivity contribution >= 4 is 6.03 Å². The van der Waals surface area contributed by atoms with E-state index in [0.29, 0.717) is 5.56 Å². The first-order valence-corrected chi connectivity index (χ1v) is 7.33. The molecule has 1 heterocycles. The molecule has 0 atom stereocenters. The Hall–Kier alpha value is -1.72. The molecule has 1 aromatic heterocycles. The van der Waals surface area contributed by atoms with E-state index in [2.05, 4.69) is 15.6 Å². The van der Waals surface area contributed by atoms with Crippen molar-refractivity contribution in [3.63, 3.8) is 0 Å². The van der Waals surface area contributed by atoms with E-state index < -0.39 is 5.92 Å². The summed E-state index contributed by atoms with van der Waals surface area (Å²) in [5.74, 6) is -2.97. The first-order chi connectivity index (χ1) is 9.95. The van der Waals surface area contributed by atoms with E-state index in [9.17, 15) is 13.6 Å². The summed E-state index contributed by atoms with van der Waals surface area (Å²) in [4.78, 5) is 15.4. The molecule has 0 unspecified atom stereocenters. The van der Waals surface area contributed by atoms with Gasteiger partial charge in [-0.1, -0.05) is 19.3 Å². The van der Waals surface area contributed by atoms with E-state index in [4.69, 9.17) is 0 Å². The Morgan fingerprint density at radius 3 is 2.76 bits per heavy atom. The second-order valence-corrected chi connectivity index (χ2v) is 5.60. The number of rotatable bonds is 4. The number of nitrogens with one attached hydrogen (secondary N) is 2. The van der Waals surface area contributed by atoms with Gasteiger partial charge in [0.25, 0.3) is 5.92 Å². The van der Waals surface area contributed by atoms with Gasteiger partial charge < -0.3 is 10.6 Å². The molecule has 1 fully saturated rings. The van der Waals surface area contributed by atoms with E-state index in [0.717, 1.165) is 32.6 Å².